The molecule has 2 aromatic heterocycles. The number of piperidine rings is 1. The van der Waals surface area contributed by atoms with E-state index >= 15 is 0 Å². The lowest BCUT2D eigenvalue weighted by molar-refractivity contribution is 0.0125. The van der Waals surface area contributed by atoms with Crippen LogP contribution >= 0.6 is 11.3 Å². The molecule has 0 saturated carbocycles. The number of hydrogen-bond acceptors (Lipinski definition) is 8. The molecule has 0 atom stereocenters. The van der Waals surface area contributed by atoms with E-state index in [1.807, 2.05) is 38.4 Å². The third-order valence-electron chi connectivity index (χ3n) is 6.66. The third kappa shape index (κ3) is 5.31. The molecule has 5 rings (SSSR count). The molecule has 0 unspecified atom stereocenters. The van der Waals surface area contributed by atoms with Gasteiger partial charge in [0.15, 0.2) is 0 Å². The first-order valence-corrected chi connectivity index (χ1v) is 12.8. The van der Waals surface area contributed by atoms with E-state index in [2.05, 4.69) is 20.3 Å². The van der Waals surface area contributed by atoms with Crippen molar-refractivity contribution in [2.45, 2.75) is 18.8 Å². The molecule has 3 fully saturated rings. The highest BCUT2D eigenvalue weighted by Gasteiger charge is 2.30. The molecule has 10 nitrogen and oxygen atoms in total. The summed E-state index contributed by atoms with van der Waals surface area (Å²) in [7, 11) is 0. The van der Waals surface area contributed by atoms with Gasteiger partial charge in [-0.25, -0.2) is 19.8 Å². The molecule has 2 aromatic rings. The minimum absolute atomic E-state index is 0.129. The monoisotopic (exact) mass is 485 g/mol. The first-order valence-electron chi connectivity index (χ1n) is 12.0. The van der Waals surface area contributed by atoms with Gasteiger partial charge in [-0.15, -0.1) is 11.3 Å². The lowest BCUT2D eigenvalue weighted by Crippen LogP contribution is -2.54. The Morgan fingerprint density at radius 2 is 1.71 bits per heavy atom. The maximum Gasteiger partial charge on any atom is 0.320 e. The van der Waals surface area contributed by atoms with Gasteiger partial charge in [0.1, 0.15) is 11.5 Å². The van der Waals surface area contributed by atoms with Crippen molar-refractivity contribution in [3.63, 3.8) is 0 Å². The van der Waals surface area contributed by atoms with Crippen LogP contribution in [0.4, 0.5) is 10.6 Å². The van der Waals surface area contributed by atoms with E-state index in [9.17, 15) is 9.59 Å². The van der Waals surface area contributed by atoms with Gasteiger partial charge in [-0.2, -0.15) is 0 Å². The number of morpholine rings is 1. The van der Waals surface area contributed by atoms with Crippen molar-refractivity contribution in [2.24, 2.45) is 0 Å². The first kappa shape index (κ1) is 23.0. The Balaban J connectivity index is 1.08. The van der Waals surface area contributed by atoms with Crippen LogP contribution in [0, 0.1) is 0 Å². The van der Waals surface area contributed by atoms with E-state index in [-0.39, 0.29) is 11.9 Å². The normalized spacial score (nSPS) is 20.4. The summed E-state index contributed by atoms with van der Waals surface area (Å²) in [5.74, 6) is 1.10. The summed E-state index contributed by atoms with van der Waals surface area (Å²) in [5, 5.41) is 4.71. The summed E-state index contributed by atoms with van der Waals surface area (Å²) in [4.78, 5) is 40.8. The number of nitrogens with one attached hydrogen (secondary N) is 1. The van der Waals surface area contributed by atoms with Crippen LogP contribution in [0.15, 0.2) is 29.8 Å². The number of thiazole rings is 1. The highest BCUT2D eigenvalue weighted by Crippen LogP contribution is 2.31. The number of rotatable bonds is 4. The van der Waals surface area contributed by atoms with Gasteiger partial charge < -0.3 is 19.4 Å². The number of hydrogen-bond donors (Lipinski definition) is 1. The highest BCUT2D eigenvalue weighted by atomic mass is 32.1. The molecule has 3 aliphatic heterocycles. The molecular weight excluding hydrogens is 454 g/mol. The summed E-state index contributed by atoms with van der Waals surface area (Å²) < 4.78 is 5.32. The molecule has 0 radical (unpaired) electrons. The second-order valence-electron chi connectivity index (χ2n) is 8.82. The fourth-order valence-electron chi connectivity index (χ4n) is 4.64. The minimum Gasteiger partial charge on any atom is -0.379 e. The number of nitrogens with zero attached hydrogens (tertiary/aromatic N) is 6. The van der Waals surface area contributed by atoms with Gasteiger partial charge in [0, 0.05) is 69.9 Å². The predicted molar refractivity (Wildman–Crippen MR) is 129 cm³/mol. The molecule has 182 valence electrons. The maximum atomic E-state index is 13.1. The summed E-state index contributed by atoms with van der Waals surface area (Å²) in [6.45, 7) is 7.09. The molecule has 11 heteroatoms. The number of piperazine rings is 1. The fourth-order valence-corrected chi connectivity index (χ4v) is 5.61. The van der Waals surface area contributed by atoms with Gasteiger partial charge in [0.05, 0.1) is 18.2 Å². The molecule has 3 amide bonds. The Morgan fingerprint density at radius 3 is 2.41 bits per heavy atom. The number of likely N-dealkylation sites (tertiary alicyclic amines) is 1. The SMILES string of the molecule is O=C(NN1CCOCC1)c1csc(C2CCN(C(=O)N3CCN(c4ccccn4)CC3)CC2)n1. The summed E-state index contributed by atoms with van der Waals surface area (Å²) >= 11 is 1.54. The van der Waals surface area contributed by atoms with Gasteiger partial charge in [0.25, 0.3) is 5.91 Å². The van der Waals surface area contributed by atoms with E-state index in [0.717, 1.165) is 49.8 Å². The van der Waals surface area contributed by atoms with Crippen LogP contribution in [-0.2, 0) is 4.74 Å². The molecule has 3 aliphatic rings. The van der Waals surface area contributed by atoms with Crippen molar-refractivity contribution < 1.29 is 14.3 Å². The van der Waals surface area contributed by atoms with E-state index in [4.69, 9.17) is 4.74 Å². The zero-order chi connectivity index (χ0) is 23.3. The van der Waals surface area contributed by atoms with Crippen molar-refractivity contribution in [3.8, 4) is 0 Å². The van der Waals surface area contributed by atoms with Gasteiger partial charge in [-0.05, 0) is 25.0 Å². The topological polar surface area (TPSA) is 94.1 Å². The summed E-state index contributed by atoms with van der Waals surface area (Å²) in [5.41, 5.74) is 3.38. The lowest BCUT2D eigenvalue weighted by Gasteiger charge is -2.39. The van der Waals surface area contributed by atoms with Crippen molar-refractivity contribution >= 4 is 29.1 Å². The van der Waals surface area contributed by atoms with E-state index in [1.54, 1.807) is 17.5 Å². The van der Waals surface area contributed by atoms with Crippen LogP contribution in [0.25, 0.3) is 0 Å². The molecule has 0 bridgehead atoms. The predicted octanol–water partition coefficient (Wildman–Crippen LogP) is 1.64. The fraction of sp³-hybridized carbons (Fsp3) is 0.565. The van der Waals surface area contributed by atoms with Crippen molar-refractivity contribution in [3.05, 3.63) is 40.5 Å². The summed E-state index contributed by atoms with van der Waals surface area (Å²) in [6, 6.07) is 6.05. The Hall–Kier alpha value is -2.76. The number of carbonyl (C=O) groups excluding carboxylic acids is 2. The molecule has 3 saturated heterocycles. The molecule has 34 heavy (non-hydrogen) atoms. The van der Waals surface area contributed by atoms with Crippen LogP contribution in [0.1, 0.15) is 34.3 Å². The maximum absolute atomic E-state index is 13.1. The minimum atomic E-state index is -0.165. The van der Waals surface area contributed by atoms with Crippen molar-refractivity contribution in [2.75, 3.05) is 70.5 Å². The molecule has 5 heterocycles. The standard InChI is InChI=1S/C23H31N7O3S/c31-21(26-30-13-15-33-16-14-30)19-17-34-22(25-19)18-4-7-28(8-5-18)23(32)29-11-9-27(10-12-29)20-3-1-2-6-24-20/h1-3,6,17-18H,4-5,7-16H2,(H,26,31). The van der Waals surface area contributed by atoms with Crippen molar-refractivity contribution in [1.82, 2.24) is 30.2 Å². The van der Waals surface area contributed by atoms with Crippen LogP contribution in [0.3, 0.4) is 0 Å². The first-order chi connectivity index (χ1) is 16.7. The number of carbonyl (C=O) groups is 2. The largest absolute Gasteiger partial charge is 0.379 e. The second-order valence-corrected chi connectivity index (χ2v) is 9.71. The second kappa shape index (κ2) is 10.7. The number of ether oxygens (including phenoxy) is 1. The average molecular weight is 486 g/mol. The zero-order valence-corrected chi connectivity index (χ0v) is 20.1. The molecule has 0 spiro atoms. The molecular formula is C23H31N7O3S. The number of anilines is 1. The Bertz CT molecular complexity index is 966. The Morgan fingerprint density at radius 1 is 0.971 bits per heavy atom. The zero-order valence-electron chi connectivity index (χ0n) is 19.3. The van der Waals surface area contributed by atoms with E-state index in [0.29, 0.717) is 51.0 Å². The molecule has 0 aliphatic carbocycles. The molecule has 0 aromatic carbocycles. The van der Waals surface area contributed by atoms with Crippen LogP contribution in [-0.4, -0.2) is 102 Å². The van der Waals surface area contributed by atoms with Gasteiger partial charge in [-0.1, -0.05) is 6.07 Å². The van der Waals surface area contributed by atoms with Crippen molar-refractivity contribution in [1.29, 1.82) is 0 Å². The van der Waals surface area contributed by atoms with E-state index in [1.165, 1.54) is 0 Å². The van der Waals surface area contributed by atoms with Gasteiger partial charge in [-0.3, -0.25) is 10.2 Å². The van der Waals surface area contributed by atoms with Crippen LogP contribution in [0.5, 0.6) is 0 Å². The van der Waals surface area contributed by atoms with Gasteiger partial charge in [0.2, 0.25) is 0 Å². The quantitative estimate of drug-likeness (QED) is 0.704. The van der Waals surface area contributed by atoms with Crippen LogP contribution in [0.2, 0.25) is 0 Å². The highest BCUT2D eigenvalue weighted by molar-refractivity contribution is 7.09. The number of hydrazine groups is 1. The number of pyridine rings is 1. The van der Waals surface area contributed by atoms with Crippen LogP contribution < -0.4 is 10.3 Å². The van der Waals surface area contributed by atoms with E-state index < -0.39 is 0 Å². The Kier molecular flexibility index (Phi) is 7.21. The lowest BCUT2D eigenvalue weighted by atomic mass is 9.98. The number of amides is 3. The summed E-state index contributed by atoms with van der Waals surface area (Å²) in [6.07, 6.45) is 3.55. The number of urea groups is 1. The average Bonchev–Trinajstić information content (AvgIpc) is 3.40. The number of aromatic nitrogens is 2. The van der Waals surface area contributed by atoms with Gasteiger partial charge >= 0.3 is 6.03 Å². The third-order valence-corrected chi connectivity index (χ3v) is 7.67. The Labute approximate surface area is 203 Å². The molecule has 1 N–H and O–H groups in total. The smallest absolute Gasteiger partial charge is 0.320 e.